The number of hydrogen-bond donors (Lipinski definition) is 2. The van der Waals surface area contributed by atoms with Crippen LogP contribution < -0.4 is 10.9 Å². The Morgan fingerprint density at radius 3 is 2.69 bits per heavy atom. The van der Waals surface area contributed by atoms with E-state index < -0.39 is 0 Å². The third-order valence-corrected chi connectivity index (χ3v) is 6.59. The Kier molecular flexibility index (Phi) is 5.90. The van der Waals surface area contributed by atoms with E-state index in [1.165, 1.54) is 0 Å². The van der Waals surface area contributed by atoms with Crippen molar-refractivity contribution in [2.75, 3.05) is 11.9 Å². The van der Waals surface area contributed by atoms with Gasteiger partial charge in [-0.1, -0.05) is 24.3 Å². The summed E-state index contributed by atoms with van der Waals surface area (Å²) in [4.78, 5) is 13.4. The molecule has 3 aromatic heterocycles. The van der Waals surface area contributed by atoms with Gasteiger partial charge in [-0.3, -0.25) is 14.0 Å². The molecule has 0 aliphatic heterocycles. The first-order chi connectivity index (χ1) is 16.9. The highest BCUT2D eigenvalue weighted by Crippen LogP contribution is 2.35. The normalized spacial score (nSPS) is 12.5. The highest BCUT2D eigenvalue weighted by Gasteiger charge is 2.20. The fourth-order valence-corrected chi connectivity index (χ4v) is 4.94. The van der Waals surface area contributed by atoms with Crippen LogP contribution in [0.4, 0.5) is 5.69 Å². The molecule has 8 heteroatoms. The average molecular weight is 471 g/mol. The SMILES string of the molecule is CCn1ncc2c3c(C(C)Nc4ccccc4-c4cnn(CCO)c4)cc(C)cc3c(=O)n(C)c21. The molecule has 1 unspecified atom stereocenters. The highest BCUT2D eigenvalue weighted by molar-refractivity contribution is 6.07. The van der Waals surface area contributed by atoms with Gasteiger partial charge in [0.05, 0.1) is 25.5 Å². The highest BCUT2D eigenvalue weighted by atomic mass is 16.3. The molecule has 0 spiro atoms. The van der Waals surface area contributed by atoms with E-state index in [1.807, 2.05) is 62.4 Å². The Bertz CT molecular complexity index is 1590. The lowest BCUT2D eigenvalue weighted by Gasteiger charge is -2.21. The first-order valence-corrected chi connectivity index (χ1v) is 11.9. The fraction of sp³-hybridized carbons (Fsp3) is 0.296. The molecule has 5 rings (SSSR count). The van der Waals surface area contributed by atoms with Crippen LogP contribution in [0.25, 0.3) is 32.9 Å². The predicted octanol–water partition coefficient (Wildman–Crippen LogP) is 4.25. The van der Waals surface area contributed by atoms with Crippen molar-refractivity contribution in [1.29, 1.82) is 0 Å². The summed E-state index contributed by atoms with van der Waals surface area (Å²) in [5.74, 6) is 0. The van der Waals surface area contributed by atoms with E-state index in [4.69, 9.17) is 0 Å². The quantitative estimate of drug-likeness (QED) is 0.371. The van der Waals surface area contributed by atoms with Crippen LogP contribution in [-0.4, -0.2) is 35.8 Å². The van der Waals surface area contributed by atoms with E-state index in [9.17, 15) is 9.90 Å². The summed E-state index contributed by atoms with van der Waals surface area (Å²) in [6.45, 7) is 7.36. The largest absolute Gasteiger partial charge is 0.394 e. The van der Waals surface area contributed by atoms with Crippen molar-refractivity contribution < 1.29 is 5.11 Å². The Morgan fingerprint density at radius 1 is 1.11 bits per heavy atom. The molecular formula is C27H30N6O2. The van der Waals surface area contributed by atoms with Crippen LogP contribution in [-0.2, 0) is 20.1 Å². The number of para-hydroxylation sites is 1. The number of aliphatic hydroxyl groups excluding tert-OH is 1. The number of benzene rings is 2. The van der Waals surface area contributed by atoms with Crippen LogP contribution in [0.3, 0.4) is 0 Å². The van der Waals surface area contributed by atoms with Gasteiger partial charge in [0.2, 0.25) is 0 Å². The van der Waals surface area contributed by atoms with Crippen molar-refractivity contribution in [2.24, 2.45) is 7.05 Å². The number of aliphatic hydroxyl groups is 1. The van der Waals surface area contributed by atoms with Gasteiger partial charge in [-0.15, -0.1) is 0 Å². The number of pyridine rings is 1. The van der Waals surface area contributed by atoms with Gasteiger partial charge >= 0.3 is 0 Å². The van der Waals surface area contributed by atoms with Gasteiger partial charge in [0.15, 0.2) is 0 Å². The summed E-state index contributed by atoms with van der Waals surface area (Å²) in [6, 6.07) is 12.2. The van der Waals surface area contributed by atoms with Crippen LogP contribution in [0.1, 0.15) is 31.0 Å². The fourth-order valence-electron chi connectivity index (χ4n) is 4.94. The standard InChI is InChI=1S/C27H30N6O2/c1-5-33-26-23(15-29-33)25-21(12-17(2)13-22(25)27(35)31(26)4)18(3)30-24-9-7-6-8-20(24)19-14-28-32(16-19)10-11-34/h6-9,12-16,18,30,34H,5,10-11H2,1-4H3. The monoisotopic (exact) mass is 470 g/mol. The van der Waals surface area contributed by atoms with Crippen molar-refractivity contribution in [2.45, 2.75) is 39.9 Å². The molecule has 0 amide bonds. The summed E-state index contributed by atoms with van der Waals surface area (Å²) in [5.41, 5.74) is 5.89. The number of hydrogen-bond acceptors (Lipinski definition) is 5. The van der Waals surface area contributed by atoms with Gasteiger partial charge < -0.3 is 10.4 Å². The zero-order chi connectivity index (χ0) is 24.7. The minimum Gasteiger partial charge on any atom is -0.394 e. The minimum absolute atomic E-state index is 0.0171. The van der Waals surface area contributed by atoms with Crippen LogP contribution in [0.5, 0.6) is 0 Å². The third kappa shape index (κ3) is 3.89. The molecule has 35 heavy (non-hydrogen) atoms. The second-order valence-corrected chi connectivity index (χ2v) is 8.97. The van der Waals surface area contributed by atoms with Crippen LogP contribution in [0, 0.1) is 6.92 Å². The van der Waals surface area contributed by atoms with Crippen molar-refractivity contribution in [3.05, 3.63) is 76.5 Å². The van der Waals surface area contributed by atoms with E-state index in [-0.39, 0.29) is 18.2 Å². The van der Waals surface area contributed by atoms with Crippen molar-refractivity contribution in [1.82, 2.24) is 24.1 Å². The van der Waals surface area contributed by atoms with Gasteiger partial charge in [-0.25, -0.2) is 4.68 Å². The number of rotatable bonds is 7. The lowest BCUT2D eigenvalue weighted by molar-refractivity contribution is 0.269. The molecule has 0 aliphatic carbocycles. The molecule has 5 aromatic rings. The van der Waals surface area contributed by atoms with Crippen molar-refractivity contribution in [3.8, 4) is 11.1 Å². The Hall–Kier alpha value is -3.91. The molecule has 8 nitrogen and oxygen atoms in total. The maximum absolute atomic E-state index is 13.4. The number of nitrogens with zero attached hydrogens (tertiary/aromatic N) is 5. The number of fused-ring (bicyclic) bond motifs is 3. The van der Waals surface area contributed by atoms with Gasteiger partial charge in [-0.05, 0) is 44.0 Å². The van der Waals surface area contributed by atoms with Gasteiger partial charge in [0, 0.05) is 58.8 Å². The molecular weight excluding hydrogens is 440 g/mol. The molecule has 0 saturated carbocycles. The zero-order valence-corrected chi connectivity index (χ0v) is 20.5. The van der Waals surface area contributed by atoms with Crippen molar-refractivity contribution >= 4 is 27.5 Å². The van der Waals surface area contributed by atoms with Crippen molar-refractivity contribution in [3.63, 3.8) is 0 Å². The summed E-state index contributed by atoms with van der Waals surface area (Å²) in [5, 5.41) is 24.5. The molecule has 0 aliphatic rings. The van der Waals surface area contributed by atoms with Gasteiger partial charge in [0.25, 0.3) is 5.56 Å². The zero-order valence-electron chi connectivity index (χ0n) is 20.5. The van der Waals surface area contributed by atoms with E-state index in [0.717, 1.165) is 44.4 Å². The first-order valence-electron chi connectivity index (χ1n) is 11.9. The van der Waals surface area contributed by atoms with Crippen LogP contribution in [0.15, 0.2) is 59.8 Å². The lowest BCUT2D eigenvalue weighted by Crippen LogP contribution is -2.20. The summed E-state index contributed by atoms with van der Waals surface area (Å²) in [6.07, 6.45) is 5.63. The Labute approximate surface area is 203 Å². The second-order valence-electron chi connectivity index (χ2n) is 8.97. The molecule has 0 bridgehead atoms. The van der Waals surface area contributed by atoms with Crippen LogP contribution >= 0.6 is 0 Å². The summed E-state index contributed by atoms with van der Waals surface area (Å²) < 4.78 is 5.31. The topological polar surface area (TPSA) is 89.9 Å². The second kappa shape index (κ2) is 9.03. The van der Waals surface area contributed by atoms with E-state index >= 15 is 0 Å². The maximum atomic E-state index is 13.4. The molecule has 0 fully saturated rings. The Morgan fingerprint density at radius 2 is 1.91 bits per heavy atom. The predicted molar refractivity (Wildman–Crippen MR) is 140 cm³/mol. The van der Waals surface area contributed by atoms with Crippen LogP contribution in [0.2, 0.25) is 0 Å². The molecule has 3 heterocycles. The van der Waals surface area contributed by atoms with Gasteiger partial charge in [-0.2, -0.15) is 10.2 Å². The number of nitrogens with one attached hydrogen (secondary N) is 1. The lowest BCUT2D eigenvalue weighted by atomic mass is 9.95. The van der Waals surface area contributed by atoms with E-state index in [2.05, 4.69) is 40.6 Å². The average Bonchev–Trinajstić information content (AvgIpc) is 3.50. The smallest absolute Gasteiger partial charge is 0.259 e. The molecule has 2 aromatic carbocycles. The molecule has 2 N–H and O–H groups in total. The summed E-state index contributed by atoms with van der Waals surface area (Å²) in [7, 11) is 1.81. The number of anilines is 1. The molecule has 180 valence electrons. The van der Waals surface area contributed by atoms with E-state index in [0.29, 0.717) is 18.5 Å². The third-order valence-electron chi connectivity index (χ3n) is 6.59. The van der Waals surface area contributed by atoms with E-state index in [1.54, 1.807) is 9.25 Å². The molecule has 0 saturated heterocycles. The Balaban J connectivity index is 1.64. The minimum atomic E-state index is -0.0775. The first kappa shape index (κ1) is 22.9. The molecule has 0 radical (unpaired) electrons. The number of aryl methyl sites for hydroxylation is 3. The number of aromatic nitrogens is 5. The maximum Gasteiger partial charge on any atom is 0.259 e. The van der Waals surface area contributed by atoms with Gasteiger partial charge in [0.1, 0.15) is 5.65 Å². The summed E-state index contributed by atoms with van der Waals surface area (Å²) >= 11 is 0. The molecule has 1 atom stereocenters.